The number of hydrogen-bond acceptors (Lipinski definition) is 5. The van der Waals surface area contributed by atoms with Gasteiger partial charge in [-0.2, -0.15) is 18.4 Å². The number of carbonyl (C=O) groups excluding carboxylic acids is 2. The number of hydrogen-bond donors (Lipinski definition) is 3. The lowest BCUT2D eigenvalue weighted by Gasteiger charge is -2.32. The van der Waals surface area contributed by atoms with Gasteiger partial charge in [-0.3, -0.25) is 5.32 Å². The van der Waals surface area contributed by atoms with E-state index in [1.165, 1.54) is 12.1 Å². The Hall–Kier alpha value is -4.72. The number of nitrogens with one attached hydrogen (secondary N) is 2. The molecule has 226 valence electrons. The molecular weight excluding hydrogens is 559 g/mol. The van der Waals surface area contributed by atoms with Crippen LogP contribution in [-0.4, -0.2) is 29.2 Å². The van der Waals surface area contributed by atoms with Crippen LogP contribution in [0, 0.1) is 11.3 Å². The van der Waals surface area contributed by atoms with E-state index in [0.717, 1.165) is 28.8 Å². The van der Waals surface area contributed by atoms with E-state index in [4.69, 9.17) is 10.5 Å². The van der Waals surface area contributed by atoms with Crippen LogP contribution in [0.25, 0.3) is 11.1 Å². The first-order chi connectivity index (χ1) is 20.2. The molecule has 43 heavy (non-hydrogen) atoms. The number of nitrogens with zero attached hydrogens (tertiary/aromatic N) is 2. The minimum atomic E-state index is -4.43. The normalized spacial score (nSPS) is 13.8. The zero-order valence-electron chi connectivity index (χ0n) is 24.2. The van der Waals surface area contributed by atoms with Crippen molar-refractivity contribution in [1.29, 1.82) is 5.26 Å². The Balaban J connectivity index is 1.51. The van der Waals surface area contributed by atoms with Crippen molar-refractivity contribution in [2.75, 3.05) is 17.6 Å². The number of rotatable bonds is 6. The van der Waals surface area contributed by atoms with Crippen molar-refractivity contribution in [3.05, 3.63) is 82.9 Å². The smallest absolute Gasteiger partial charge is 0.416 e. The SMILES string of the molecule is CC(C)(C)OC(=O)Nc1cccc([C@H](CCC#N)NC(=O)N2CCc3c(cc(N)cc3-c3ccc(C(F)(F)F)cc3)C2)c1. The Morgan fingerprint density at radius 2 is 1.81 bits per heavy atom. The molecule has 0 saturated carbocycles. The number of fused-ring (bicyclic) bond motifs is 1. The summed E-state index contributed by atoms with van der Waals surface area (Å²) in [5.74, 6) is 0. The average molecular weight is 594 g/mol. The number of ether oxygens (including phenoxy) is 1. The predicted octanol–water partition coefficient (Wildman–Crippen LogP) is 7.41. The Morgan fingerprint density at radius 1 is 1.09 bits per heavy atom. The highest BCUT2D eigenvalue weighted by atomic mass is 19.4. The van der Waals surface area contributed by atoms with Crippen LogP contribution in [0.3, 0.4) is 0 Å². The first-order valence-electron chi connectivity index (χ1n) is 13.8. The van der Waals surface area contributed by atoms with Crippen LogP contribution < -0.4 is 16.4 Å². The Morgan fingerprint density at radius 3 is 2.47 bits per heavy atom. The molecule has 1 aliphatic heterocycles. The zero-order chi connectivity index (χ0) is 31.4. The molecule has 4 rings (SSSR count). The number of halogens is 3. The van der Waals surface area contributed by atoms with Crippen molar-refractivity contribution < 1.29 is 27.5 Å². The quantitative estimate of drug-likeness (QED) is 0.257. The van der Waals surface area contributed by atoms with E-state index in [1.54, 1.807) is 56.0 Å². The molecule has 0 spiro atoms. The molecule has 0 saturated heterocycles. The summed E-state index contributed by atoms with van der Waals surface area (Å²) in [6.45, 7) is 5.92. The van der Waals surface area contributed by atoms with Crippen LogP contribution in [0.15, 0.2) is 60.7 Å². The van der Waals surface area contributed by atoms with Crippen molar-refractivity contribution in [3.63, 3.8) is 0 Å². The fourth-order valence-corrected chi connectivity index (χ4v) is 5.02. The number of urea groups is 1. The first kappa shape index (κ1) is 31.2. The first-order valence-corrected chi connectivity index (χ1v) is 13.8. The van der Waals surface area contributed by atoms with E-state index >= 15 is 0 Å². The number of amides is 3. The Labute approximate surface area is 248 Å². The molecule has 0 aliphatic carbocycles. The third-order valence-corrected chi connectivity index (χ3v) is 6.94. The number of carbonyl (C=O) groups is 2. The van der Waals surface area contributed by atoms with Gasteiger partial charge in [0.2, 0.25) is 0 Å². The minimum absolute atomic E-state index is 0.199. The lowest BCUT2D eigenvalue weighted by molar-refractivity contribution is -0.137. The minimum Gasteiger partial charge on any atom is -0.444 e. The number of nitrogens with two attached hydrogens (primary N) is 1. The van der Waals surface area contributed by atoms with Gasteiger partial charge in [-0.25, -0.2) is 9.59 Å². The number of nitrogen functional groups attached to an aromatic ring is 1. The molecule has 8 nitrogen and oxygen atoms in total. The average Bonchev–Trinajstić information content (AvgIpc) is 2.93. The van der Waals surface area contributed by atoms with Crippen molar-refractivity contribution in [2.45, 2.75) is 64.4 Å². The van der Waals surface area contributed by atoms with Crippen LogP contribution in [-0.2, 0) is 23.9 Å². The highest BCUT2D eigenvalue weighted by Gasteiger charge is 2.30. The Bertz CT molecular complexity index is 1530. The number of benzene rings is 3. The lowest BCUT2D eigenvalue weighted by Crippen LogP contribution is -2.44. The van der Waals surface area contributed by atoms with Gasteiger partial charge in [0.15, 0.2) is 0 Å². The van der Waals surface area contributed by atoms with E-state index in [2.05, 4.69) is 16.7 Å². The van der Waals surface area contributed by atoms with Crippen LogP contribution in [0.4, 0.5) is 34.1 Å². The molecule has 0 aromatic heterocycles. The van der Waals surface area contributed by atoms with E-state index in [-0.39, 0.29) is 19.0 Å². The molecule has 0 fully saturated rings. The largest absolute Gasteiger partial charge is 0.444 e. The molecule has 1 heterocycles. The molecule has 3 aromatic rings. The van der Waals surface area contributed by atoms with Crippen LogP contribution in [0.5, 0.6) is 0 Å². The van der Waals surface area contributed by atoms with E-state index in [1.807, 2.05) is 6.07 Å². The fraction of sp³-hybridized carbons (Fsp3) is 0.344. The van der Waals surface area contributed by atoms with Gasteiger partial charge < -0.3 is 20.7 Å². The van der Waals surface area contributed by atoms with Gasteiger partial charge in [-0.15, -0.1) is 0 Å². The molecule has 1 atom stereocenters. The monoisotopic (exact) mass is 593 g/mol. The molecule has 0 radical (unpaired) electrons. The van der Waals surface area contributed by atoms with E-state index < -0.39 is 29.5 Å². The summed E-state index contributed by atoms with van der Waals surface area (Å²) in [5.41, 5.74) is 9.51. The molecule has 0 unspecified atom stereocenters. The van der Waals surface area contributed by atoms with Gasteiger partial charge in [-0.1, -0.05) is 24.3 Å². The predicted molar refractivity (Wildman–Crippen MR) is 158 cm³/mol. The van der Waals surface area contributed by atoms with Gasteiger partial charge >= 0.3 is 18.3 Å². The number of alkyl halides is 3. The molecular formula is C32H34F3N5O3. The van der Waals surface area contributed by atoms with Crippen molar-refractivity contribution in [3.8, 4) is 17.2 Å². The van der Waals surface area contributed by atoms with Crippen molar-refractivity contribution in [2.24, 2.45) is 0 Å². The highest BCUT2D eigenvalue weighted by molar-refractivity contribution is 5.85. The van der Waals surface area contributed by atoms with Gasteiger partial charge in [-0.05, 0) is 97.8 Å². The molecule has 3 aromatic carbocycles. The third-order valence-electron chi connectivity index (χ3n) is 6.94. The lowest BCUT2D eigenvalue weighted by atomic mass is 9.89. The van der Waals surface area contributed by atoms with Crippen molar-refractivity contribution in [1.82, 2.24) is 10.2 Å². The third kappa shape index (κ3) is 8.19. The van der Waals surface area contributed by atoms with E-state index in [9.17, 15) is 28.0 Å². The molecule has 3 amide bonds. The second-order valence-corrected chi connectivity index (χ2v) is 11.4. The second kappa shape index (κ2) is 12.7. The summed E-state index contributed by atoms with van der Waals surface area (Å²) in [6.07, 6.45) is -4.00. The van der Waals surface area contributed by atoms with Crippen LogP contribution >= 0.6 is 0 Å². The maximum atomic E-state index is 13.4. The molecule has 0 bridgehead atoms. The number of anilines is 2. The van der Waals surface area contributed by atoms with E-state index in [0.29, 0.717) is 41.9 Å². The summed E-state index contributed by atoms with van der Waals surface area (Å²) < 4.78 is 44.5. The van der Waals surface area contributed by atoms with Gasteiger partial charge in [0.05, 0.1) is 17.7 Å². The topological polar surface area (TPSA) is 120 Å². The van der Waals surface area contributed by atoms with Crippen LogP contribution in [0.2, 0.25) is 0 Å². The van der Waals surface area contributed by atoms with Gasteiger partial charge in [0.1, 0.15) is 5.60 Å². The standard InChI is InChI=1S/C32H34F3N5O3/c1-31(2,3)43-30(42)38-25-7-4-6-21(17-25)28(8-5-14-36)39-29(41)40-15-13-26-22(19-40)16-24(37)18-27(26)20-9-11-23(12-10-20)32(33,34)35/h4,6-7,9-12,16-18,28H,5,8,13,15,19,37H2,1-3H3,(H,38,42)(H,39,41)/t28-/m0/s1. The van der Waals surface area contributed by atoms with Crippen molar-refractivity contribution >= 4 is 23.5 Å². The molecule has 4 N–H and O–H groups in total. The Kier molecular flexibility index (Phi) is 9.19. The van der Waals surface area contributed by atoms with Gasteiger partial charge in [0.25, 0.3) is 0 Å². The maximum absolute atomic E-state index is 13.4. The summed E-state index contributed by atoms with van der Waals surface area (Å²) in [4.78, 5) is 27.3. The maximum Gasteiger partial charge on any atom is 0.416 e. The van der Waals surface area contributed by atoms with Gasteiger partial charge in [0, 0.05) is 30.9 Å². The summed E-state index contributed by atoms with van der Waals surface area (Å²) >= 11 is 0. The summed E-state index contributed by atoms with van der Waals surface area (Å²) in [6, 6.07) is 16.8. The number of nitriles is 1. The molecule has 11 heteroatoms. The summed E-state index contributed by atoms with van der Waals surface area (Å²) in [7, 11) is 0. The zero-order valence-corrected chi connectivity index (χ0v) is 24.2. The second-order valence-electron chi connectivity index (χ2n) is 11.4. The van der Waals surface area contributed by atoms with Crippen LogP contribution in [0.1, 0.15) is 61.9 Å². The highest BCUT2D eigenvalue weighted by Crippen LogP contribution is 2.35. The summed E-state index contributed by atoms with van der Waals surface area (Å²) in [5, 5.41) is 14.9. The molecule has 1 aliphatic rings. The fourth-order valence-electron chi connectivity index (χ4n) is 5.02.